The third-order valence-corrected chi connectivity index (χ3v) is 3.42. The van der Waals surface area contributed by atoms with E-state index in [0.717, 1.165) is 24.2 Å². The lowest BCUT2D eigenvalue weighted by molar-refractivity contribution is -0.0959. The number of methoxy groups -OCH3 is 1. The van der Waals surface area contributed by atoms with E-state index < -0.39 is 0 Å². The molecule has 0 heterocycles. The summed E-state index contributed by atoms with van der Waals surface area (Å²) in [5.74, 6) is 1.29. The summed E-state index contributed by atoms with van der Waals surface area (Å²) in [5.41, 5.74) is 1.06. The molecule has 2 unspecified atom stereocenters. The lowest BCUT2D eigenvalue weighted by Crippen LogP contribution is -2.28. The first kappa shape index (κ1) is 15.8. The molecule has 0 saturated heterocycles. The summed E-state index contributed by atoms with van der Waals surface area (Å²) in [6, 6.07) is 7.94. The lowest BCUT2D eigenvalue weighted by Gasteiger charge is -2.25. The van der Waals surface area contributed by atoms with E-state index in [1.54, 1.807) is 7.11 Å². The van der Waals surface area contributed by atoms with Gasteiger partial charge in [-0.1, -0.05) is 51.5 Å². The number of ether oxygens (including phenoxy) is 2. The Morgan fingerprint density at radius 2 is 2.11 bits per heavy atom. The van der Waals surface area contributed by atoms with Crippen LogP contribution in [0.3, 0.4) is 0 Å². The minimum atomic E-state index is -0.170. The van der Waals surface area contributed by atoms with E-state index in [1.165, 1.54) is 12.8 Å². The zero-order valence-corrected chi connectivity index (χ0v) is 12.4. The first-order chi connectivity index (χ1) is 9.24. The maximum Gasteiger partial charge on any atom is 0.202 e. The molecule has 0 N–H and O–H groups in total. The fourth-order valence-electron chi connectivity index (χ4n) is 2.18. The molecule has 0 radical (unpaired) electrons. The summed E-state index contributed by atoms with van der Waals surface area (Å²) in [7, 11) is 1.72. The molecule has 0 aliphatic heterocycles. The molecule has 19 heavy (non-hydrogen) atoms. The molecule has 0 aliphatic rings. The van der Waals surface area contributed by atoms with Gasteiger partial charge in [0.2, 0.25) is 6.29 Å². The lowest BCUT2D eigenvalue weighted by atomic mass is 9.98. The van der Waals surface area contributed by atoms with E-state index in [-0.39, 0.29) is 6.29 Å². The van der Waals surface area contributed by atoms with Crippen LogP contribution in [0.4, 0.5) is 0 Å². The zero-order chi connectivity index (χ0) is 14.1. The summed E-state index contributed by atoms with van der Waals surface area (Å²) < 4.78 is 11.5. The molecule has 0 aromatic heterocycles. The van der Waals surface area contributed by atoms with Crippen molar-refractivity contribution in [3.05, 3.63) is 36.4 Å². The van der Waals surface area contributed by atoms with Gasteiger partial charge in [-0.2, -0.15) is 0 Å². The summed E-state index contributed by atoms with van der Waals surface area (Å²) >= 11 is 0. The average Bonchev–Trinajstić information content (AvgIpc) is 2.46. The van der Waals surface area contributed by atoms with Gasteiger partial charge in [-0.05, 0) is 30.5 Å². The van der Waals surface area contributed by atoms with Crippen LogP contribution >= 0.6 is 0 Å². The van der Waals surface area contributed by atoms with Gasteiger partial charge in [0.1, 0.15) is 5.75 Å². The molecule has 0 aliphatic carbocycles. The Balaban J connectivity index is 2.70. The van der Waals surface area contributed by atoms with Crippen LogP contribution in [0.5, 0.6) is 5.75 Å². The molecular formula is C17H26O2. The van der Waals surface area contributed by atoms with Crippen molar-refractivity contribution in [1.29, 1.82) is 0 Å². The highest BCUT2D eigenvalue weighted by atomic mass is 16.7. The van der Waals surface area contributed by atoms with Gasteiger partial charge in [0.25, 0.3) is 0 Å². The molecule has 0 amide bonds. The fourth-order valence-corrected chi connectivity index (χ4v) is 2.18. The van der Waals surface area contributed by atoms with Gasteiger partial charge in [0, 0.05) is 13.0 Å². The van der Waals surface area contributed by atoms with Crippen molar-refractivity contribution < 1.29 is 9.47 Å². The summed E-state index contributed by atoms with van der Waals surface area (Å²) in [5, 5.41) is 0. The number of hydrogen-bond donors (Lipinski definition) is 0. The molecule has 2 heteroatoms. The summed E-state index contributed by atoms with van der Waals surface area (Å²) in [4.78, 5) is 0. The van der Waals surface area contributed by atoms with Crippen LogP contribution in [0.2, 0.25) is 0 Å². The van der Waals surface area contributed by atoms with Crippen LogP contribution in [-0.2, 0) is 4.74 Å². The van der Waals surface area contributed by atoms with Gasteiger partial charge in [0.05, 0.1) is 0 Å². The first-order valence-electron chi connectivity index (χ1n) is 7.17. The van der Waals surface area contributed by atoms with Gasteiger partial charge in [-0.25, -0.2) is 0 Å². The highest BCUT2D eigenvalue weighted by molar-refractivity contribution is 5.49. The maximum absolute atomic E-state index is 5.99. The first-order valence-corrected chi connectivity index (χ1v) is 7.17. The second kappa shape index (κ2) is 8.76. The standard InChI is InChI=1S/C17H26O2/c1-5-8-11-15(7-3)17(18-4)19-16-12-9-10-14(6-2)13-16/h6,9-10,12-13,15,17H,2,5,7-8,11H2,1,3-4H3. The van der Waals surface area contributed by atoms with Crippen LogP contribution in [-0.4, -0.2) is 13.4 Å². The van der Waals surface area contributed by atoms with E-state index >= 15 is 0 Å². The topological polar surface area (TPSA) is 18.5 Å². The minimum Gasteiger partial charge on any atom is -0.465 e. The Morgan fingerprint density at radius 1 is 1.32 bits per heavy atom. The Kier molecular flexibility index (Phi) is 7.27. The fraction of sp³-hybridized carbons (Fsp3) is 0.529. The van der Waals surface area contributed by atoms with Crippen LogP contribution in [0.1, 0.15) is 45.1 Å². The van der Waals surface area contributed by atoms with Crippen LogP contribution in [0, 0.1) is 5.92 Å². The third kappa shape index (κ3) is 5.07. The molecule has 2 nitrogen and oxygen atoms in total. The Labute approximate surface area is 117 Å². The molecule has 0 spiro atoms. The van der Waals surface area contributed by atoms with Crippen molar-refractivity contribution in [2.45, 2.75) is 45.8 Å². The van der Waals surface area contributed by atoms with Crippen molar-refractivity contribution in [2.24, 2.45) is 5.92 Å². The Bertz CT molecular complexity index is 373. The molecular weight excluding hydrogens is 236 g/mol. The smallest absolute Gasteiger partial charge is 0.202 e. The predicted octanol–water partition coefficient (Wildman–Crippen LogP) is 4.90. The van der Waals surface area contributed by atoms with Crippen molar-refractivity contribution in [3.8, 4) is 5.75 Å². The number of benzene rings is 1. The van der Waals surface area contributed by atoms with Crippen molar-refractivity contribution in [1.82, 2.24) is 0 Å². The summed E-state index contributed by atoms with van der Waals surface area (Å²) in [6.07, 6.45) is 6.29. The van der Waals surface area contributed by atoms with E-state index in [9.17, 15) is 0 Å². The quantitative estimate of drug-likeness (QED) is 0.589. The monoisotopic (exact) mass is 262 g/mol. The van der Waals surface area contributed by atoms with Gasteiger partial charge in [0.15, 0.2) is 0 Å². The van der Waals surface area contributed by atoms with E-state index in [4.69, 9.17) is 9.47 Å². The molecule has 1 aromatic carbocycles. The van der Waals surface area contributed by atoms with E-state index in [1.807, 2.05) is 30.3 Å². The molecule has 2 atom stereocenters. The van der Waals surface area contributed by atoms with Crippen molar-refractivity contribution >= 4 is 6.08 Å². The molecule has 1 aromatic rings. The molecule has 0 bridgehead atoms. The van der Waals surface area contributed by atoms with Crippen LogP contribution in [0.15, 0.2) is 30.8 Å². The SMILES string of the molecule is C=Cc1cccc(OC(OC)C(CC)CCCC)c1. The number of hydrogen-bond acceptors (Lipinski definition) is 2. The second-order valence-electron chi connectivity index (χ2n) is 4.81. The van der Waals surface area contributed by atoms with Gasteiger partial charge < -0.3 is 9.47 Å². The van der Waals surface area contributed by atoms with Crippen LogP contribution < -0.4 is 4.74 Å². The average molecular weight is 262 g/mol. The minimum absolute atomic E-state index is 0.170. The van der Waals surface area contributed by atoms with Crippen molar-refractivity contribution in [3.63, 3.8) is 0 Å². The molecule has 0 fully saturated rings. The third-order valence-electron chi connectivity index (χ3n) is 3.42. The van der Waals surface area contributed by atoms with E-state index in [2.05, 4.69) is 20.4 Å². The predicted molar refractivity (Wildman–Crippen MR) is 81.3 cm³/mol. The van der Waals surface area contributed by atoms with Crippen molar-refractivity contribution in [2.75, 3.05) is 7.11 Å². The van der Waals surface area contributed by atoms with Gasteiger partial charge >= 0.3 is 0 Å². The Morgan fingerprint density at radius 3 is 2.68 bits per heavy atom. The molecule has 0 saturated carbocycles. The van der Waals surface area contributed by atoms with Gasteiger partial charge in [-0.3, -0.25) is 0 Å². The maximum atomic E-state index is 5.99. The number of unbranched alkanes of at least 4 members (excludes halogenated alkanes) is 1. The largest absolute Gasteiger partial charge is 0.465 e. The van der Waals surface area contributed by atoms with Gasteiger partial charge in [-0.15, -0.1) is 0 Å². The summed E-state index contributed by atoms with van der Waals surface area (Å²) in [6.45, 7) is 8.18. The normalized spacial score (nSPS) is 13.8. The molecule has 106 valence electrons. The Hall–Kier alpha value is -1.28. The zero-order valence-electron chi connectivity index (χ0n) is 12.4. The van der Waals surface area contributed by atoms with E-state index in [0.29, 0.717) is 5.92 Å². The highest BCUT2D eigenvalue weighted by Crippen LogP contribution is 2.23. The molecule has 1 rings (SSSR count). The number of rotatable bonds is 9. The highest BCUT2D eigenvalue weighted by Gasteiger charge is 2.20. The second-order valence-corrected chi connectivity index (χ2v) is 4.81. The van der Waals surface area contributed by atoms with Crippen LogP contribution in [0.25, 0.3) is 6.08 Å².